The van der Waals surface area contributed by atoms with Gasteiger partial charge in [0.25, 0.3) is 5.91 Å². The smallest absolute Gasteiger partial charge is 0.310 e. The lowest BCUT2D eigenvalue weighted by Crippen LogP contribution is -2.51. The second-order valence-corrected chi connectivity index (χ2v) is 9.90. The summed E-state index contributed by atoms with van der Waals surface area (Å²) in [6.07, 6.45) is 7.28. The van der Waals surface area contributed by atoms with E-state index in [9.17, 15) is 9.59 Å². The third kappa shape index (κ3) is 3.39. The summed E-state index contributed by atoms with van der Waals surface area (Å²) in [5.41, 5.74) is 3.37. The second kappa shape index (κ2) is 7.56. The highest BCUT2D eigenvalue weighted by Gasteiger charge is 2.53. The fourth-order valence-corrected chi connectivity index (χ4v) is 6.29. The standard InChI is InChI=1S/C24H32N2O4/c1-16-5-3-7-24(2)14-21-17(13-19(16)24)18(23(28)30-21)15-25-8-10-26(11-9-25)22(27)20-6-4-12-29-20/h4,6,12,17-18,21H,3,5,7-11,13-15H2,1-2H3/t17-,18-,21-,24-/m0/s1. The fourth-order valence-electron chi connectivity index (χ4n) is 6.29. The van der Waals surface area contributed by atoms with Crippen LogP contribution < -0.4 is 0 Å². The van der Waals surface area contributed by atoms with Crippen molar-refractivity contribution in [2.24, 2.45) is 17.3 Å². The van der Waals surface area contributed by atoms with Crippen molar-refractivity contribution in [1.82, 2.24) is 9.80 Å². The molecule has 4 aliphatic rings. The second-order valence-electron chi connectivity index (χ2n) is 9.90. The van der Waals surface area contributed by atoms with Crippen molar-refractivity contribution in [2.45, 2.75) is 52.1 Å². The molecule has 6 heteroatoms. The van der Waals surface area contributed by atoms with E-state index in [1.54, 1.807) is 23.3 Å². The van der Waals surface area contributed by atoms with Gasteiger partial charge in [0.1, 0.15) is 6.10 Å². The van der Waals surface area contributed by atoms with Crippen LogP contribution in [0.15, 0.2) is 34.0 Å². The zero-order valence-electron chi connectivity index (χ0n) is 18.1. The number of amides is 1. The molecule has 2 aliphatic carbocycles. The monoisotopic (exact) mass is 412 g/mol. The van der Waals surface area contributed by atoms with E-state index in [4.69, 9.17) is 9.15 Å². The molecule has 1 amide bonds. The van der Waals surface area contributed by atoms with Crippen LogP contribution in [0.5, 0.6) is 0 Å². The zero-order chi connectivity index (χ0) is 20.9. The number of ether oxygens (including phenoxy) is 1. The predicted octanol–water partition coefficient (Wildman–Crippen LogP) is 3.50. The predicted molar refractivity (Wildman–Crippen MR) is 112 cm³/mol. The number of rotatable bonds is 3. The molecule has 4 atom stereocenters. The van der Waals surface area contributed by atoms with E-state index in [-0.39, 0.29) is 29.3 Å². The molecule has 3 fully saturated rings. The number of esters is 1. The quantitative estimate of drug-likeness (QED) is 0.562. The number of hydrogen-bond donors (Lipinski definition) is 0. The van der Waals surface area contributed by atoms with Crippen molar-refractivity contribution in [2.75, 3.05) is 32.7 Å². The van der Waals surface area contributed by atoms with E-state index in [1.165, 1.54) is 25.5 Å². The molecule has 3 heterocycles. The van der Waals surface area contributed by atoms with Gasteiger partial charge in [0, 0.05) is 38.6 Å². The van der Waals surface area contributed by atoms with Crippen LogP contribution in [0.1, 0.15) is 56.5 Å². The van der Waals surface area contributed by atoms with Crippen LogP contribution in [0, 0.1) is 17.3 Å². The van der Waals surface area contributed by atoms with Gasteiger partial charge in [-0.1, -0.05) is 18.1 Å². The molecule has 5 rings (SSSR count). The Morgan fingerprint density at radius 1 is 1.27 bits per heavy atom. The lowest BCUT2D eigenvalue weighted by atomic mass is 9.59. The Balaban J connectivity index is 1.23. The van der Waals surface area contributed by atoms with Crippen molar-refractivity contribution in [3.8, 4) is 0 Å². The summed E-state index contributed by atoms with van der Waals surface area (Å²) in [7, 11) is 0. The van der Waals surface area contributed by atoms with Crippen molar-refractivity contribution in [3.63, 3.8) is 0 Å². The van der Waals surface area contributed by atoms with Gasteiger partial charge < -0.3 is 14.1 Å². The Kier molecular flexibility index (Phi) is 5.00. The largest absolute Gasteiger partial charge is 0.462 e. The molecule has 1 saturated carbocycles. The first-order chi connectivity index (χ1) is 14.4. The Bertz CT molecular complexity index is 853. The van der Waals surface area contributed by atoms with Crippen molar-refractivity contribution >= 4 is 11.9 Å². The van der Waals surface area contributed by atoms with Gasteiger partial charge in [0.05, 0.1) is 12.2 Å². The SMILES string of the molecule is CC1=C2C[C@@H]3[C@H](C[C@]2(C)CCC1)OC(=O)[C@H]3CN1CCN(C(=O)c2ccco2)CC1. The van der Waals surface area contributed by atoms with Crippen LogP contribution in [0.3, 0.4) is 0 Å². The lowest BCUT2D eigenvalue weighted by molar-refractivity contribution is -0.145. The Morgan fingerprint density at radius 3 is 2.80 bits per heavy atom. The van der Waals surface area contributed by atoms with E-state index >= 15 is 0 Å². The first kappa shape index (κ1) is 19.9. The highest BCUT2D eigenvalue weighted by Crippen LogP contribution is 2.55. The molecule has 30 heavy (non-hydrogen) atoms. The van der Waals surface area contributed by atoms with Gasteiger partial charge >= 0.3 is 5.97 Å². The molecule has 0 N–H and O–H groups in total. The van der Waals surface area contributed by atoms with E-state index in [0.29, 0.717) is 24.8 Å². The molecule has 162 valence electrons. The maximum absolute atomic E-state index is 12.8. The van der Waals surface area contributed by atoms with E-state index < -0.39 is 0 Å². The molecule has 0 spiro atoms. The highest BCUT2D eigenvalue weighted by molar-refractivity contribution is 5.91. The number of carbonyl (C=O) groups is 2. The number of nitrogens with zero attached hydrogens (tertiary/aromatic N) is 2. The molecule has 0 bridgehead atoms. The lowest BCUT2D eigenvalue weighted by Gasteiger charge is -2.46. The summed E-state index contributed by atoms with van der Waals surface area (Å²) < 4.78 is 11.2. The van der Waals surface area contributed by atoms with E-state index in [2.05, 4.69) is 18.7 Å². The third-order valence-electron chi connectivity index (χ3n) is 8.03. The van der Waals surface area contributed by atoms with E-state index in [1.807, 2.05) is 4.90 Å². The molecule has 1 aromatic rings. The average molecular weight is 413 g/mol. The number of fused-ring (bicyclic) bond motifs is 2. The van der Waals surface area contributed by atoms with Crippen LogP contribution in [0.4, 0.5) is 0 Å². The number of furan rings is 1. The molecule has 2 saturated heterocycles. The summed E-state index contributed by atoms with van der Waals surface area (Å²) in [6, 6.07) is 3.45. The van der Waals surface area contributed by atoms with Crippen LogP contribution >= 0.6 is 0 Å². The minimum atomic E-state index is -0.0498. The summed E-state index contributed by atoms with van der Waals surface area (Å²) in [4.78, 5) is 29.4. The molecule has 0 aromatic carbocycles. The van der Waals surface area contributed by atoms with Gasteiger partial charge in [-0.3, -0.25) is 14.5 Å². The molecule has 6 nitrogen and oxygen atoms in total. The topological polar surface area (TPSA) is 63.0 Å². The third-order valence-corrected chi connectivity index (χ3v) is 8.03. The normalized spacial score (nSPS) is 34.5. The Morgan fingerprint density at radius 2 is 2.07 bits per heavy atom. The van der Waals surface area contributed by atoms with Crippen molar-refractivity contribution in [3.05, 3.63) is 35.3 Å². The molecule has 0 unspecified atom stereocenters. The number of carbonyl (C=O) groups excluding carboxylic acids is 2. The molecular formula is C24H32N2O4. The fraction of sp³-hybridized carbons (Fsp3) is 0.667. The van der Waals surface area contributed by atoms with Crippen molar-refractivity contribution < 1.29 is 18.7 Å². The van der Waals surface area contributed by atoms with Gasteiger partial charge in [-0.2, -0.15) is 0 Å². The molecule has 0 radical (unpaired) electrons. The number of hydrogen-bond acceptors (Lipinski definition) is 5. The number of allylic oxidation sites excluding steroid dienone is 2. The summed E-state index contributed by atoms with van der Waals surface area (Å²) in [6.45, 7) is 8.30. The van der Waals surface area contributed by atoms with Crippen LogP contribution in [0.25, 0.3) is 0 Å². The van der Waals surface area contributed by atoms with Gasteiger partial charge in [0.2, 0.25) is 0 Å². The zero-order valence-corrected chi connectivity index (χ0v) is 18.1. The maximum Gasteiger partial charge on any atom is 0.310 e. The molecule has 1 aromatic heterocycles. The summed E-state index contributed by atoms with van der Waals surface area (Å²) in [5, 5.41) is 0. The Labute approximate surface area is 178 Å². The van der Waals surface area contributed by atoms with Crippen LogP contribution in [0.2, 0.25) is 0 Å². The molecular weight excluding hydrogens is 380 g/mol. The number of piperazine rings is 1. The van der Waals surface area contributed by atoms with Gasteiger partial charge in [0.15, 0.2) is 5.76 Å². The van der Waals surface area contributed by atoms with Crippen LogP contribution in [-0.4, -0.2) is 60.5 Å². The minimum absolute atomic E-state index is 0.0143. The minimum Gasteiger partial charge on any atom is -0.462 e. The van der Waals surface area contributed by atoms with E-state index in [0.717, 1.165) is 32.5 Å². The van der Waals surface area contributed by atoms with Gasteiger partial charge in [-0.15, -0.1) is 0 Å². The average Bonchev–Trinajstić information content (AvgIpc) is 3.35. The first-order valence-corrected chi connectivity index (χ1v) is 11.4. The Hall–Kier alpha value is -2.08. The van der Waals surface area contributed by atoms with Crippen LogP contribution in [-0.2, 0) is 9.53 Å². The van der Waals surface area contributed by atoms with Gasteiger partial charge in [-0.25, -0.2) is 0 Å². The molecule has 2 aliphatic heterocycles. The first-order valence-electron chi connectivity index (χ1n) is 11.4. The highest BCUT2D eigenvalue weighted by atomic mass is 16.6. The maximum atomic E-state index is 12.8. The van der Waals surface area contributed by atoms with Gasteiger partial charge in [-0.05, 0) is 56.6 Å². The summed E-state index contributed by atoms with van der Waals surface area (Å²) in [5.74, 6) is 0.586. The van der Waals surface area contributed by atoms with Crippen molar-refractivity contribution in [1.29, 1.82) is 0 Å². The summed E-state index contributed by atoms with van der Waals surface area (Å²) >= 11 is 0.